The molecule has 0 saturated carbocycles. The Balaban J connectivity index is 2.53. The summed E-state index contributed by atoms with van der Waals surface area (Å²) < 4.78 is 4.69. The van der Waals surface area contributed by atoms with Crippen LogP contribution in [0.1, 0.15) is 5.56 Å². The molecule has 1 N–H and O–H groups in total. The van der Waals surface area contributed by atoms with Crippen LogP contribution in [-0.2, 0) is 0 Å². The first kappa shape index (κ1) is 7.50. The summed E-state index contributed by atoms with van der Waals surface area (Å²) in [5, 5.41) is 3.19. The van der Waals surface area contributed by atoms with Crippen LogP contribution < -0.4 is 9.61 Å². The Kier molecular flexibility index (Phi) is 1.92. The van der Waals surface area contributed by atoms with Crippen LogP contribution in [0.4, 0.5) is 5.69 Å². The Hall–Kier alpha value is -1.15. The molecule has 0 atom stereocenters. The molecule has 1 heterocycles. The van der Waals surface area contributed by atoms with Crippen molar-refractivity contribution in [3.63, 3.8) is 0 Å². The van der Waals surface area contributed by atoms with E-state index in [9.17, 15) is 0 Å². The van der Waals surface area contributed by atoms with Gasteiger partial charge in [-0.25, -0.2) is 0 Å². The highest BCUT2D eigenvalue weighted by Crippen LogP contribution is 2.31. The van der Waals surface area contributed by atoms with Crippen LogP contribution in [0.2, 0.25) is 0 Å². The predicted molar refractivity (Wildman–Crippen MR) is 50.4 cm³/mol. The highest BCUT2D eigenvalue weighted by Gasteiger charge is 2.08. The van der Waals surface area contributed by atoms with Gasteiger partial charge in [0.25, 0.3) is 0 Å². The lowest BCUT2D eigenvalue weighted by Crippen LogP contribution is -2.04. The zero-order valence-electron chi connectivity index (χ0n) is 6.38. The first-order valence-corrected chi connectivity index (χ1v) is 4.04. The monoisotopic (exact) mass is 181 g/mol. The maximum absolute atomic E-state index is 5.30. The van der Waals surface area contributed by atoms with Gasteiger partial charge in [0.2, 0.25) is 0 Å². The molecule has 0 saturated heterocycles. The Labute approximate surface area is 76.0 Å². The van der Waals surface area contributed by atoms with E-state index in [-0.39, 0.29) is 0 Å². The molecule has 0 bridgehead atoms. The normalized spacial score (nSPS) is 13.4. The molecule has 1 aromatic carbocycles. The van der Waals surface area contributed by atoms with Gasteiger partial charge >= 0.3 is 0 Å². The van der Waals surface area contributed by atoms with Crippen LogP contribution in [0.5, 0.6) is 5.75 Å². The fourth-order valence-electron chi connectivity index (χ4n) is 1.29. The summed E-state index contributed by atoms with van der Waals surface area (Å²) >= 11 is 5.30. The van der Waals surface area contributed by atoms with Gasteiger partial charge in [-0.3, -0.25) is 0 Å². The second-order valence-electron chi connectivity index (χ2n) is 2.58. The molecule has 0 aromatic heterocycles. The van der Waals surface area contributed by atoms with Gasteiger partial charge in [0.05, 0.1) is 5.69 Å². The summed E-state index contributed by atoms with van der Waals surface area (Å²) in [6.07, 6.45) is 4.10. The molecule has 0 radical (unpaired) electrons. The number of fused-ring (bicyclic) bond motifs is 1. The largest absolute Gasteiger partial charge is 0.383 e. The van der Waals surface area contributed by atoms with Crippen molar-refractivity contribution in [1.82, 2.24) is 0 Å². The lowest BCUT2D eigenvalue weighted by atomic mass is 10.1. The minimum Gasteiger partial charge on any atom is -0.383 e. The predicted octanol–water partition coefficient (Wildman–Crippen LogP) is 2.66. The van der Waals surface area contributed by atoms with E-state index in [4.69, 9.17) is 11.9 Å². The number of hydrogen-bond donors (Lipinski definition) is 1. The van der Waals surface area contributed by atoms with Crippen molar-refractivity contribution in [3.8, 4) is 5.75 Å². The van der Waals surface area contributed by atoms with E-state index in [2.05, 4.69) is 15.7 Å². The van der Waals surface area contributed by atoms with Crippen molar-refractivity contribution in [2.75, 3.05) is 11.9 Å². The summed E-state index contributed by atoms with van der Waals surface area (Å²) in [7, 11) is 0. The standard InChI is InChI=1S/C9H8ClNO/c10-12-8-5-1-3-7-4-2-6-11-9(7)8/h1-5,11H,6H2. The van der Waals surface area contributed by atoms with E-state index in [1.54, 1.807) is 0 Å². The van der Waals surface area contributed by atoms with Crippen molar-refractivity contribution in [1.29, 1.82) is 0 Å². The zero-order chi connectivity index (χ0) is 8.39. The number of halogens is 1. The lowest BCUT2D eigenvalue weighted by molar-refractivity contribution is 0.621. The summed E-state index contributed by atoms with van der Waals surface area (Å²) in [5.74, 6) is 0.679. The van der Waals surface area contributed by atoms with Gasteiger partial charge in [-0.15, -0.1) is 0 Å². The number of hydrogen-bond acceptors (Lipinski definition) is 2. The van der Waals surface area contributed by atoms with Crippen LogP contribution in [0.15, 0.2) is 24.3 Å². The molecule has 0 amide bonds. The molecule has 12 heavy (non-hydrogen) atoms. The Morgan fingerprint density at radius 2 is 2.33 bits per heavy atom. The molecule has 2 nitrogen and oxygen atoms in total. The molecule has 0 spiro atoms. The SMILES string of the molecule is ClOc1cccc2c1NCC=C2. The van der Waals surface area contributed by atoms with Crippen molar-refractivity contribution >= 4 is 23.6 Å². The summed E-state index contributed by atoms with van der Waals surface area (Å²) in [4.78, 5) is 0. The van der Waals surface area contributed by atoms with E-state index in [0.29, 0.717) is 5.75 Å². The van der Waals surface area contributed by atoms with Gasteiger partial charge in [0.15, 0.2) is 5.75 Å². The van der Waals surface area contributed by atoms with Crippen molar-refractivity contribution in [2.45, 2.75) is 0 Å². The molecule has 3 heteroatoms. The summed E-state index contributed by atoms with van der Waals surface area (Å²) in [5.41, 5.74) is 2.08. The molecule has 1 aromatic rings. The van der Waals surface area contributed by atoms with E-state index < -0.39 is 0 Å². The molecule has 1 aliphatic heterocycles. The third-order valence-corrected chi connectivity index (χ3v) is 2.00. The van der Waals surface area contributed by atoms with Gasteiger partial charge in [0.1, 0.15) is 11.9 Å². The topological polar surface area (TPSA) is 21.3 Å². The smallest absolute Gasteiger partial charge is 0.170 e. The van der Waals surface area contributed by atoms with Crippen LogP contribution in [-0.4, -0.2) is 6.54 Å². The van der Waals surface area contributed by atoms with Gasteiger partial charge < -0.3 is 9.61 Å². The summed E-state index contributed by atoms with van der Waals surface area (Å²) in [6.45, 7) is 0.824. The maximum Gasteiger partial charge on any atom is 0.170 e. The number of anilines is 1. The number of rotatable bonds is 1. The van der Waals surface area contributed by atoms with Crippen molar-refractivity contribution in [2.24, 2.45) is 0 Å². The molecule has 62 valence electrons. The van der Waals surface area contributed by atoms with Crippen molar-refractivity contribution < 1.29 is 4.29 Å². The second-order valence-corrected chi connectivity index (χ2v) is 2.74. The molecule has 0 unspecified atom stereocenters. The number of para-hydroxylation sites is 1. The first-order chi connectivity index (χ1) is 5.92. The van der Waals surface area contributed by atoms with Gasteiger partial charge in [-0.1, -0.05) is 24.3 Å². The third-order valence-electron chi connectivity index (χ3n) is 1.84. The fourth-order valence-corrected chi connectivity index (χ4v) is 1.42. The Bertz CT molecular complexity index is 322. The molecule has 2 rings (SSSR count). The first-order valence-electron chi connectivity index (χ1n) is 3.74. The summed E-state index contributed by atoms with van der Waals surface area (Å²) in [6, 6.07) is 5.75. The molecule has 0 aliphatic carbocycles. The zero-order valence-corrected chi connectivity index (χ0v) is 7.14. The average Bonchev–Trinajstić information content (AvgIpc) is 2.17. The highest BCUT2D eigenvalue weighted by molar-refractivity contribution is 6.09. The Morgan fingerprint density at radius 1 is 1.42 bits per heavy atom. The van der Waals surface area contributed by atoms with E-state index >= 15 is 0 Å². The minimum absolute atomic E-state index is 0.679. The second kappa shape index (κ2) is 3.07. The highest BCUT2D eigenvalue weighted by atomic mass is 35.5. The minimum atomic E-state index is 0.679. The lowest BCUT2D eigenvalue weighted by Gasteiger charge is -2.14. The van der Waals surface area contributed by atoms with Gasteiger partial charge in [0, 0.05) is 12.1 Å². The molecular weight excluding hydrogens is 174 g/mol. The van der Waals surface area contributed by atoms with Gasteiger partial charge in [-0.05, 0) is 6.07 Å². The molecule has 0 fully saturated rings. The van der Waals surface area contributed by atoms with Crippen molar-refractivity contribution in [3.05, 3.63) is 29.8 Å². The fraction of sp³-hybridized carbons (Fsp3) is 0.111. The van der Waals surface area contributed by atoms with E-state index in [1.807, 2.05) is 24.3 Å². The number of benzene rings is 1. The molecular formula is C9H8ClNO. The van der Waals surface area contributed by atoms with Crippen LogP contribution in [0.3, 0.4) is 0 Å². The number of nitrogens with one attached hydrogen (secondary N) is 1. The average molecular weight is 182 g/mol. The Morgan fingerprint density at radius 3 is 3.17 bits per heavy atom. The van der Waals surface area contributed by atoms with E-state index in [1.165, 1.54) is 0 Å². The van der Waals surface area contributed by atoms with Crippen LogP contribution in [0.25, 0.3) is 6.08 Å². The maximum atomic E-state index is 5.30. The molecule has 1 aliphatic rings. The van der Waals surface area contributed by atoms with Crippen LogP contribution >= 0.6 is 11.9 Å². The van der Waals surface area contributed by atoms with Gasteiger partial charge in [-0.2, -0.15) is 0 Å². The van der Waals surface area contributed by atoms with Crippen LogP contribution in [0, 0.1) is 0 Å². The third kappa shape index (κ3) is 1.14. The van der Waals surface area contributed by atoms with E-state index in [0.717, 1.165) is 17.8 Å². The quantitative estimate of drug-likeness (QED) is 0.719.